The third-order valence-corrected chi connectivity index (χ3v) is 1.90. The molecule has 1 heteroatoms. The van der Waals surface area contributed by atoms with Crippen LogP contribution in [0.15, 0.2) is 12.2 Å². The van der Waals surface area contributed by atoms with Gasteiger partial charge in [0.2, 0.25) is 0 Å². The fourth-order valence-electron chi connectivity index (χ4n) is 1.09. The Hall–Kier alpha value is -0.300. The van der Waals surface area contributed by atoms with E-state index in [2.05, 4.69) is 19.1 Å². The molecule has 0 aromatic carbocycles. The summed E-state index contributed by atoms with van der Waals surface area (Å²) in [4.78, 5) is 0. The third kappa shape index (κ3) is 1.83. The van der Waals surface area contributed by atoms with Crippen LogP contribution in [-0.2, 0) is 0 Å². The van der Waals surface area contributed by atoms with Crippen LogP contribution in [0.4, 0.5) is 0 Å². The maximum Gasteiger partial charge on any atom is -0.00430 e. The van der Waals surface area contributed by atoms with Crippen LogP contribution in [0.3, 0.4) is 0 Å². The lowest BCUT2D eigenvalue weighted by Gasteiger charge is -1.85. The minimum atomic E-state index is 0.813. The van der Waals surface area contributed by atoms with Gasteiger partial charge in [-0.15, -0.1) is 0 Å². The molecule has 1 fully saturated rings. The van der Waals surface area contributed by atoms with Crippen molar-refractivity contribution in [2.75, 3.05) is 6.54 Å². The SMILES string of the molecule is CC/C=C/[C@@H]1C[C@H]1CN. The summed E-state index contributed by atoms with van der Waals surface area (Å²) < 4.78 is 0. The molecular weight excluding hydrogens is 110 g/mol. The van der Waals surface area contributed by atoms with E-state index in [0.29, 0.717) is 0 Å². The Morgan fingerprint density at radius 1 is 1.67 bits per heavy atom. The summed E-state index contributed by atoms with van der Waals surface area (Å²) in [6.07, 6.45) is 7.03. The van der Waals surface area contributed by atoms with Crippen molar-refractivity contribution in [3.63, 3.8) is 0 Å². The van der Waals surface area contributed by atoms with Gasteiger partial charge in [0, 0.05) is 0 Å². The topological polar surface area (TPSA) is 26.0 Å². The van der Waals surface area contributed by atoms with Gasteiger partial charge in [-0.25, -0.2) is 0 Å². The highest BCUT2D eigenvalue weighted by Gasteiger charge is 2.32. The zero-order valence-electron chi connectivity index (χ0n) is 6.01. The lowest BCUT2D eigenvalue weighted by Crippen LogP contribution is -2.01. The number of hydrogen-bond donors (Lipinski definition) is 1. The molecular formula is C8H15N. The van der Waals surface area contributed by atoms with Crippen molar-refractivity contribution < 1.29 is 0 Å². The van der Waals surface area contributed by atoms with E-state index < -0.39 is 0 Å². The van der Waals surface area contributed by atoms with Gasteiger partial charge in [0.05, 0.1) is 0 Å². The van der Waals surface area contributed by atoms with Crippen molar-refractivity contribution >= 4 is 0 Å². The van der Waals surface area contributed by atoms with Gasteiger partial charge in [0.15, 0.2) is 0 Å². The maximum absolute atomic E-state index is 5.46. The van der Waals surface area contributed by atoms with Crippen LogP contribution in [0.5, 0.6) is 0 Å². The predicted octanol–water partition coefficient (Wildman–Crippen LogP) is 1.55. The molecule has 0 aromatic heterocycles. The second kappa shape index (κ2) is 3.02. The number of nitrogens with two attached hydrogens (primary N) is 1. The van der Waals surface area contributed by atoms with E-state index in [1.54, 1.807) is 0 Å². The smallest absolute Gasteiger partial charge is 0.00430 e. The highest BCUT2D eigenvalue weighted by molar-refractivity contribution is 5.01. The number of rotatable bonds is 3. The van der Waals surface area contributed by atoms with Gasteiger partial charge in [-0.05, 0) is 31.2 Å². The van der Waals surface area contributed by atoms with Gasteiger partial charge in [-0.3, -0.25) is 0 Å². The van der Waals surface area contributed by atoms with Crippen molar-refractivity contribution in [1.29, 1.82) is 0 Å². The first-order valence-electron chi connectivity index (χ1n) is 3.75. The Balaban J connectivity index is 2.11. The second-order valence-electron chi connectivity index (χ2n) is 2.73. The van der Waals surface area contributed by atoms with E-state index in [1.165, 1.54) is 6.42 Å². The molecule has 0 heterocycles. The summed E-state index contributed by atoms with van der Waals surface area (Å²) in [5.41, 5.74) is 5.46. The fraction of sp³-hybridized carbons (Fsp3) is 0.750. The average molecular weight is 125 g/mol. The molecule has 0 unspecified atom stereocenters. The van der Waals surface area contributed by atoms with Crippen molar-refractivity contribution in [2.24, 2.45) is 17.6 Å². The Kier molecular flexibility index (Phi) is 2.29. The van der Waals surface area contributed by atoms with Gasteiger partial charge in [0.1, 0.15) is 0 Å². The molecule has 0 spiro atoms. The monoisotopic (exact) mass is 125 g/mol. The lowest BCUT2D eigenvalue weighted by molar-refractivity contribution is 0.797. The standard InChI is InChI=1S/C8H15N/c1-2-3-4-7-5-8(7)6-9/h3-4,7-8H,2,5-6,9H2,1H3/b4-3+/t7-,8+/m1/s1. The third-order valence-electron chi connectivity index (χ3n) is 1.90. The first kappa shape index (κ1) is 6.81. The number of allylic oxidation sites excluding steroid dienone is 2. The summed E-state index contributed by atoms with van der Waals surface area (Å²) in [6, 6.07) is 0. The molecule has 9 heavy (non-hydrogen) atoms. The van der Waals surface area contributed by atoms with E-state index in [9.17, 15) is 0 Å². The largest absolute Gasteiger partial charge is 0.330 e. The van der Waals surface area contributed by atoms with Crippen LogP contribution in [0, 0.1) is 11.8 Å². The molecule has 1 aliphatic rings. The molecule has 0 amide bonds. The van der Waals surface area contributed by atoms with Crippen molar-refractivity contribution in [2.45, 2.75) is 19.8 Å². The van der Waals surface area contributed by atoms with Crippen LogP contribution in [0.1, 0.15) is 19.8 Å². The van der Waals surface area contributed by atoms with E-state index in [4.69, 9.17) is 5.73 Å². The van der Waals surface area contributed by atoms with Gasteiger partial charge >= 0.3 is 0 Å². The Bertz CT molecular complexity index is 107. The highest BCUT2D eigenvalue weighted by Crippen LogP contribution is 2.38. The molecule has 1 rings (SSSR count). The van der Waals surface area contributed by atoms with Crippen LogP contribution in [0.2, 0.25) is 0 Å². The van der Waals surface area contributed by atoms with Crippen molar-refractivity contribution in [3.8, 4) is 0 Å². The molecule has 0 bridgehead atoms. The van der Waals surface area contributed by atoms with E-state index in [-0.39, 0.29) is 0 Å². The first-order valence-corrected chi connectivity index (χ1v) is 3.75. The summed E-state index contributed by atoms with van der Waals surface area (Å²) in [5.74, 6) is 1.64. The number of hydrogen-bond acceptors (Lipinski definition) is 1. The minimum absolute atomic E-state index is 0.813. The Morgan fingerprint density at radius 3 is 2.89 bits per heavy atom. The maximum atomic E-state index is 5.46. The molecule has 0 aliphatic heterocycles. The van der Waals surface area contributed by atoms with E-state index in [1.807, 2.05) is 0 Å². The van der Waals surface area contributed by atoms with E-state index in [0.717, 1.165) is 24.8 Å². The van der Waals surface area contributed by atoms with Crippen LogP contribution in [-0.4, -0.2) is 6.54 Å². The Labute approximate surface area is 56.9 Å². The fourth-order valence-corrected chi connectivity index (χ4v) is 1.09. The van der Waals surface area contributed by atoms with Crippen LogP contribution >= 0.6 is 0 Å². The van der Waals surface area contributed by atoms with Crippen molar-refractivity contribution in [1.82, 2.24) is 0 Å². The molecule has 52 valence electrons. The van der Waals surface area contributed by atoms with Crippen molar-refractivity contribution in [3.05, 3.63) is 12.2 Å². The molecule has 0 saturated heterocycles. The summed E-state index contributed by atoms with van der Waals surface area (Å²) >= 11 is 0. The molecule has 2 N–H and O–H groups in total. The normalized spacial score (nSPS) is 33.6. The molecule has 2 atom stereocenters. The van der Waals surface area contributed by atoms with Crippen LogP contribution in [0.25, 0.3) is 0 Å². The van der Waals surface area contributed by atoms with Gasteiger partial charge in [-0.1, -0.05) is 19.1 Å². The Morgan fingerprint density at radius 2 is 2.44 bits per heavy atom. The second-order valence-corrected chi connectivity index (χ2v) is 2.73. The molecule has 0 aromatic rings. The predicted molar refractivity (Wildman–Crippen MR) is 40.1 cm³/mol. The zero-order chi connectivity index (χ0) is 6.69. The van der Waals surface area contributed by atoms with E-state index >= 15 is 0 Å². The quantitative estimate of drug-likeness (QED) is 0.569. The molecule has 1 aliphatic carbocycles. The minimum Gasteiger partial charge on any atom is -0.330 e. The van der Waals surface area contributed by atoms with Crippen LogP contribution < -0.4 is 5.73 Å². The summed E-state index contributed by atoms with van der Waals surface area (Å²) in [7, 11) is 0. The summed E-state index contributed by atoms with van der Waals surface area (Å²) in [6.45, 7) is 3.04. The van der Waals surface area contributed by atoms with Gasteiger partial charge in [-0.2, -0.15) is 0 Å². The van der Waals surface area contributed by atoms with Gasteiger partial charge < -0.3 is 5.73 Å². The molecule has 0 radical (unpaired) electrons. The van der Waals surface area contributed by atoms with Gasteiger partial charge in [0.25, 0.3) is 0 Å². The first-order chi connectivity index (χ1) is 4.38. The molecule has 1 nitrogen and oxygen atoms in total. The summed E-state index contributed by atoms with van der Waals surface area (Å²) in [5, 5.41) is 0. The zero-order valence-corrected chi connectivity index (χ0v) is 6.01. The lowest BCUT2D eigenvalue weighted by atomic mass is 10.3. The average Bonchev–Trinajstić information content (AvgIpc) is 2.62. The molecule has 1 saturated carbocycles. The highest BCUT2D eigenvalue weighted by atomic mass is 14.6.